The van der Waals surface area contributed by atoms with Crippen LogP contribution in [-0.4, -0.2) is 24.5 Å². The first kappa shape index (κ1) is 12.6. The smallest absolute Gasteiger partial charge is 0.0459 e. The highest BCUT2D eigenvalue weighted by molar-refractivity contribution is 5.36. The van der Waals surface area contributed by atoms with Gasteiger partial charge >= 0.3 is 0 Å². The molecule has 17 heavy (non-hydrogen) atoms. The van der Waals surface area contributed by atoms with Crippen LogP contribution >= 0.6 is 0 Å². The summed E-state index contributed by atoms with van der Waals surface area (Å²) in [7, 11) is 2.21. The monoisotopic (exact) mass is 232 g/mol. The van der Waals surface area contributed by atoms with Crippen molar-refractivity contribution in [1.29, 1.82) is 0 Å². The second-order valence-electron chi connectivity index (χ2n) is 5.18. The molecule has 0 fully saturated rings. The second-order valence-corrected chi connectivity index (χ2v) is 5.18. The Morgan fingerprint density at radius 2 is 2.06 bits per heavy atom. The summed E-state index contributed by atoms with van der Waals surface area (Å²) in [6, 6.07) is 9.29. The van der Waals surface area contributed by atoms with Crippen LogP contribution in [0.4, 0.5) is 0 Å². The third-order valence-corrected chi connectivity index (χ3v) is 3.94. The predicted molar refractivity (Wildman–Crippen MR) is 73.0 cm³/mol. The first-order valence-electron chi connectivity index (χ1n) is 6.77. The minimum Gasteiger partial charge on any atom is -0.323 e. The summed E-state index contributed by atoms with van der Waals surface area (Å²) < 4.78 is 0. The maximum Gasteiger partial charge on any atom is 0.0459 e. The number of unbranched alkanes of at least 4 members (excludes halogenated alkanes) is 2. The van der Waals surface area contributed by atoms with Crippen LogP contribution < -0.4 is 5.73 Å². The minimum atomic E-state index is 0.192. The molecular weight excluding hydrogens is 208 g/mol. The number of nitrogens with two attached hydrogens (primary N) is 1. The van der Waals surface area contributed by atoms with E-state index in [-0.39, 0.29) is 6.04 Å². The number of benzene rings is 1. The summed E-state index contributed by atoms with van der Waals surface area (Å²) in [5, 5.41) is 0. The zero-order chi connectivity index (χ0) is 12.3. The van der Waals surface area contributed by atoms with Gasteiger partial charge in [0.25, 0.3) is 0 Å². The number of hydrogen-bond acceptors (Lipinski definition) is 2. The Morgan fingerprint density at radius 3 is 2.76 bits per heavy atom. The van der Waals surface area contributed by atoms with Gasteiger partial charge in [-0.25, -0.2) is 0 Å². The Balaban J connectivity index is 1.97. The van der Waals surface area contributed by atoms with Gasteiger partial charge in [0.15, 0.2) is 0 Å². The fourth-order valence-electron chi connectivity index (χ4n) is 2.81. The lowest BCUT2D eigenvalue weighted by Crippen LogP contribution is -2.38. The van der Waals surface area contributed by atoms with Gasteiger partial charge in [0.05, 0.1) is 0 Å². The molecule has 0 aliphatic heterocycles. The third-order valence-electron chi connectivity index (χ3n) is 3.94. The standard InChI is InChI=1S/C15H24N2/c1-3-4-7-10-17(2)14-11-12-8-5-6-9-13(12)15(14)16/h5-6,8-9,14-15H,3-4,7,10-11,16H2,1-2H3. The third kappa shape index (κ3) is 2.70. The van der Waals surface area contributed by atoms with E-state index in [0.29, 0.717) is 6.04 Å². The molecule has 94 valence electrons. The highest BCUT2D eigenvalue weighted by Crippen LogP contribution is 2.32. The Labute approximate surface area is 105 Å². The molecule has 2 N–H and O–H groups in total. The van der Waals surface area contributed by atoms with Gasteiger partial charge in [0.2, 0.25) is 0 Å². The Bertz CT molecular complexity index is 362. The van der Waals surface area contributed by atoms with E-state index in [1.807, 2.05) is 0 Å². The van der Waals surface area contributed by atoms with Crippen molar-refractivity contribution in [2.24, 2.45) is 5.73 Å². The van der Waals surface area contributed by atoms with Crippen molar-refractivity contribution < 1.29 is 0 Å². The Hall–Kier alpha value is -0.860. The molecule has 1 aliphatic rings. The lowest BCUT2D eigenvalue weighted by atomic mass is 10.1. The van der Waals surface area contributed by atoms with Crippen LogP contribution in [0, 0.1) is 0 Å². The van der Waals surface area contributed by atoms with Gasteiger partial charge in [-0.05, 0) is 37.6 Å². The highest BCUT2D eigenvalue weighted by atomic mass is 15.1. The van der Waals surface area contributed by atoms with Crippen LogP contribution in [0.1, 0.15) is 43.4 Å². The number of fused-ring (bicyclic) bond motifs is 1. The van der Waals surface area contributed by atoms with E-state index in [0.717, 1.165) is 6.42 Å². The quantitative estimate of drug-likeness (QED) is 0.791. The van der Waals surface area contributed by atoms with E-state index in [4.69, 9.17) is 5.73 Å². The molecule has 2 heteroatoms. The van der Waals surface area contributed by atoms with E-state index in [1.165, 1.54) is 36.9 Å². The van der Waals surface area contributed by atoms with E-state index < -0.39 is 0 Å². The highest BCUT2D eigenvalue weighted by Gasteiger charge is 2.31. The van der Waals surface area contributed by atoms with Crippen LogP contribution in [0.5, 0.6) is 0 Å². The van der Waals surface area contributed by atoms with Crippen molar-refractivity contribution in [3.8, 4) is 0 Å². The van der Waals surface area contributed by atoms with Crippen molar-refractivity contribution in [3.05, 3.63) is 35.4 Å². The molecule has 1 aliphatic carbocycles. The van der Waals surface area contributed by atoms with Crippen LogP contribution in [0.15, 0.2) is 24.3 Å². The summed E-state index contributed by atoms with van der Waals surface area (Å²) in [6.45, 7) is 3.41. The van der Waals surface area contributed by atoms with Crippen molar-refractivity contribution >= 4 is 0 Å². The summed E-state index contributed by atoms with van der Waals surface area (Å²) in [4.78, 5) is 2.44. The van der Waals surface area contributed by atoms with Crippen LogP contribution in [0.3, 0.4) is 0 Å². The van der Waals surface area contributed by atoms with Crippen LogP contribution in [-0.2, 0) is 6.42 Å². The minimum absolute atomic E-state index is 0.192. The maximum atomic E-state index is 6.35. The molecule has 2 rings (SSSR count). The zero-order valence-electron chi connectivity index (χ0n) is 11.0. The SMILES string of the molecule is CCCCCN(C)C1Cc2ccccc2C1N. The first-order valence-corrected chi connectivity index (χ1v) is 6.77. The largest absolute Gasteiger partial charge is 0.323 e. The fraction of sp³-hybridized carbons (Fsp3) is 0.600. The predicted octanol–water partition coefficient (Wildman–Crippen LogP) is 2.73. The molecule has 2 unspecified atom stereocenters. The van der Waals surface area contributed by atoms with Gasteiger partial charge in [-0.1, -0.05) is 44.0 Å². The van der Waals surface area contributed by atoms with Crippen molar-refractivity contribution in [3.63, 3.8) is 0 Å². The van der Waals surface area contributed by atoms with Gasteiger partial charge in [-0.3, -0.25) is 0 Å². The molecule has 0 amide bonds. The molecule has 0 spiro atoms. The van der Waals surface area contributed by atoms with Crippen molar-refractivity contribution in [2.75, 3.05) is 13.6 Å². The summed E-state index contributed by atoms with van der Waals surface area (Å²) in [6.07, 6.45) is 5.00. The number of hydrogen-bond donors (Lipinski definition) is 1. The van der Waals surface area contributed by atoms with E-state index in [1.54, 1.807) is 0 Å². The lowest BCUT2D eigenvalue weighted by molar-refractivity contribution is 0.218. The fourth-order valence-corrected chi connectivity index (χ4v) is 2.81. The van der Waals surface area contributed by atoms with Crippen LogP contribution in [0.25, 0.3) is 0 Å². The average Bonchev–Trinajstić information content (AvgIpc) is 2.68. The van der Waals surface area contributed by atoms with E-state index in [9.17, 15) is 0 Å². The van der Waals surface area contributed by atoms with Gasteiger partial charge < -0.3 is 10.6 Å². The summed E-state index contributed by atoms with van der Waals surface area (Å²) in [5.41, 5.74) is 9.14. The first-order chi connectivity index (χ1) is 8.24. The lowest BCUT2D eigenvalue weighted by Gasteiger charge is -2.27. The molecule has 0 saturated heterocycles. The van der Waals surface area contributed by atoms with Gasteiger partial charge in [-0.15, -0.1) is 0 Å². The second kappa shape index (κ2) is 5.65. The number of rotatable bonds is 5. The van der Waals surface area contributed by atoms with Crippen molar-refractivity contribution in [1.82, 2.24) is 4.90 Å². The van der Waals surface area contributed by atoms with Gasteiger partial charge in [0, 0.05) is 12.1 Å². The average molecular weight is 232 g/mol. The topological polar surface area (TPSA) is 29.3 Å². The van der Waals surface area contributed by atoms with Gasteiger partial charge in [0.1, 0.15) is 0 Å². The molecule has 0 radical (unpaired) electrons. The molecular formula is C15H24N2. The molecule has 0 saturated carbocycles. The molecule has 1 aromatic carbocycles. The molecule has 0 heterocycles. The van der Waals surface area contributed by atoms with Crippen LogP contribution in [0.2, 0.25) is 0 Å². The number of nitrogens with zero attached hydrogens (tertiary/aromatic N) is 1. The van der Waals surface area contributed by atoms with E-state index in [2.05, 4.69) is 43.1 Å². The summed E-state index contributed by atoms with van der Waals surface area (Å²) in [5.74, 6) is 0. The maximum absolute atomic E-state index is 6.35. The summed E-state index contributed by atoms with van der Waals surface area (Å²) >= 11 is 0. The Kier molecular flexibility index (Phi) is 4.19. The molecule has 0 bridgehead atoms. The molecule has 2 nitrogen and oxygen atoms in total. The molecule has 0 aromatic heterocycles. The van der Waals surface area contributed by atoms with Gasteiger partial charge in [-0.2, -0.15) is 0 Å². The Morgan fingerprint density at radius 1 is 1.29 bits per heavy atom. The van der Waals surface area contributed by atoms with E-state index >= 15 is 0 Å². The normalized spacial score (nSPS) is 23.1. The molecule has 1 aromatic rings. The zero-order valence-corrected chi connectivity index (χ0v) is 11.0. The van der Waals surface area contributed by atoms with Crippen molar-refractivity contribution in [2.45, 2.75) is 44.7 Å². The number of likely N-dealkylation sites (N-methyl/N-ethyl adjacent to an activating group) is 1. The molecule has 2 atom stereocenters.